The second-order valence-corrected chi connectivity index (χ2v) is 4.92. The van der Waals surface area contributed by atoms with E-state index in [0.29, 0.717) is 6.04 Å². The second-order valence-electron chi connectivity index (χ2n) is 4.07. The minimum Gasteiger partial charge on any atom is -0.317 e. The molecule has 0 saturated heterocycles. The van der Waals surface area contributed by atoms with E-state index in [1.807, 2.05) is 13.2 Å². The summed E-state index contributed by atoms with van der Waals surface area (Å²) in [5, 5.41) is 7.71. The molecule has 0 saturated carbocycles. The third-order valence-corrected chi connectivity index (χ3v) is 3.63. The van der Waals surface area contributed by atoms with Crippen LogP contribution in [0.4, 0.5) is 0 Å². The van der Waals surface area contributed by atoms with Crippen molar-refractivity contribution in [2.45, 2.75) is 52.1 Å². The highest BCUT2D eigenvalue weighted by Crippen LogP contribution is 2.19. The molecule has 4 heteroatoms. The Morgan fingerprint density at radius 3 is 2.75 bits per heavy atom. The highest BCUT2D eigenvalue weighted by Gasteiger charge is 2.10. The van der Waals surface area contributed by atoms with Crippen molar-refractivity contribution in [1.29, 1.82) is 0 Å². The van der Waals surface area contributed by atoms with Gasteiger partial charge in [-0.1, -0.05) is 13.3 Å². The van der Waals surface area contributed by atoms with Crippen LogP contribution in [0.15, 0.2) is 10.7 Å². The summed E-state index contributed by atoms with van der Waals surface area (Å²) in [6.07, 6.45) is 6.63. The molecule has 0 aliphatic rings. The van der Waals surface area contributed by atoms with Crippen LogP contribution in [0, 0.1) is 0 Å². The third kappa shape index (κ3) is 3.59. The molecule has 0 amide bonds. The van der Waals surface area contributed by atoms with E-state index in [2.05, 4.69) is 44.9 Å². The molecule has 1 aromatic heterocycles. The van der Waals surface area contributed by atoms with Gasteiger partial charge in [0.2, 0.25) is 0 Å². The lowest BCUT2D eigenvalue weighted by Crippen LogP contribution is -2.25. The van der Waals surface area contributed by atoms with Crippen LogP contribution in [0.3, 0.4) is 0 Å². The zero-order valence-corrected chi connectivity index (χ0v) is 12.0. The van der Waals surface area contributed by atoms with Gasteiger partial charge in [0, 0.05) is 12.6 Å². The van der Waals surface area contributed by atoms with E-state index >= 15 is 0 Å². The van der Waals surface area contributed by atoms with Crippen LogP contribution in [-0.2, 0) is 13.0 Å². The van der Waals surface area contributed by atoms with E-state index < -0.39 is 0 Å². The van der Waals surface area contributed by atoms with Gasteiger partial charge in [-0.05, 0) is 49.2 Å². The van der Waals surface area contributed by atoms with Gasteiger partial charge in [-0.25, -0.2) is 0 Å². The van der Waals surface area contributed by atoms with Gasteiger partial charge in [-0.2, -0.15) is 5.10 Å². The van der Waals surface area contributed by atoms with Gasteiger partial charge in [0.15, 0.2) is 0 Å². The molecule has 1 N–H and O–H groups in total. The van der Waals surface area contributed by atoms with Gasteiger partial charge in [0.25, 0.3) is 0 Å². The van der Waals surface area contributed by atoms with Crippen molar-refractivity contribution in [3.8, 4) is 0 Å². The Morgan fingerprint density at radius 1 is 1.44 bits per heavy atom. The Hall–Kier alpha value is -0.350. The number of aryl methyl sites for hydroxylation is 1. The SMILES string of the molecule is CCCC(CCc1c(Br)cnn1CC)NC. The topological polar surface area (TPSA) is 29.9 Å². The van der Waals surface area contributed by atoms with Crippen molar-refractivity contribution < 1.29 is 0 Å². The summed E-state index contributed by atoms with van der Waals surface area (Å²) in [5.74, 6) is 0. The van der Waals surface area contributed by atoms with E-state index in [0.717, 1.165) is 17.4 Å². The first-order valence-corrected chi connectivity index (χ1v) is 6.89. The largest absolute Gasteiger partial charge is 0.317 e. The van der Waals surface area contributed by atoms with Crippen LogP contribution in [0.5, 0.6) is 0 Å². The maximum absolute atomic E-state index is 4.33. The summed E-state index contributed by atoms with van der Waals surface area (Å²) in [6.45, 7) is 5.31. The van der Waals surface area contributed by atoms with Gasteiger partial charge in [0.05, 0.1) is 16.4 Å². The molecule has 1 atom stereocenters. The van der Waals surface area contributed by atoms with Crippen molar-refractivity contribution >= 4 is 15.9 Å². The minimum atomic E-state index is 0.622. The molecule has 16 heavy (non-hydrogen) atoms. The Morgan fingerprint density at radius 2 is 2.19 bits per heavy atom. The Labute approximate surface area is 107 Å². The molecule has 0 radical (unpaired) electrons. The lowest BCUT2D eigenvalue weighted by molar-refractivity contribution is 0.473. The normalized spacial score (nSPS) is 13.0. The molecule has 0 aliphatic heterocycles. The van der Waals surface area contributed by atoms with Crippen LogP contribution in [0.2, 0.25) is 0 Å². The smallest absolute Gasteiger partial charge is 0.0635 e. The predicted octanol–water partition coefficient (Wildman–Crippen LogP) is 2.99. The number of hydrogen-bond acceptors (Lipinski definition) is 2. The fourth-order valence-corrected chi connectivity index (χ4v) is 2.50. The second kappa shape index (κ2) is 7.07. The minimum absolute atomic E-state index is 0.622. The van der Waals surface area contributed by atoms with Crippen molar-refractivity contribution in [1.82, 2.24) is 15.1 Å². The quantitative estimate of drug-likeness (QED) is 0.836. The molecule has 1 rings (SSSR count). The third-order valence-electron chi connectivity index (χ3n) is 2.97. The summed E-state index contributed by atoms with van der Waals surface area (Å²) in [7, 11) is 2.05. The summed E-state index contributed by atoms with van der Waals surface area (Å²) < 4.78 is 3.21. The van der Waals surface area contributed by atoms with Gasteiger partial charge >= 0.3 is 0 Å². The molecule has 0 aromatic carbocycles. The van der Waals surface area contributed by atoms with E-state index in [9.17, 15) is 0 Å². The molecule has 1 unspecified atom stereocenters. The van der Waals surface area contributed by atoms with Crippen LogP contribution in [0.1, 0.15) is 38.8 Å². The first-order valence-electron chi connectivity index (χ1n) is 6.10. The molecule has 0 bridgehead atoms. The number of hydrogen-bond donors (Lipinski definition) is 1. The summed E-state index contributed by atoms with van der Waals surface area (Å²) in [4.78, 5) is 0. The van der Waals surface area contributed by atoms with Crippen molar-refractivity contribution in [3.05, 3.63) is 16.4 Å². The van der Waals surface area contributed by atoms with Crippen LogP contribution < -0.4 is 5.32 Å². The molecule has 1 aromatic rings. The maximum atomic E-state index is 4.33. The zero-order valence-electron chi connectivity index (χ0n) is 10.5. The molecule has 1 heterocycles. The Kier molecular flexibility index (Phi) is 6.06. The monoisotopic (exact) mass is 287 g/mol. The first-order chi connectivity index (χ1) is 7.72. The van der Waals surface area contributed by atoms with E-state index in [-0.39, 0.29) is 0 Å². The van der Waals surface area contributed by atoms with Gasteiger partial charge in [-0.15, -0.1) is 0 Å². The standard InChI is InChI=1S/C12H22BrN3/c1-4-6-10(14-3)7-8-12-11(13)9-15-16(12)5-2/h9-10,14H,4-8H2,1-3H3. The molecule has 0 spiro atoms. The number of halogens is 1. The average molecular weight is 288 g/mol. The summed E-state index contributed by atoms with van der Waals surface area (Å²) in [6, 6.07) is 0.622. The van der Waals surface area contributed by atoms with Crippen molar-refractivity contribution in [2.24, 2.45) is 0 Å². The van der Waals surface area contributed by atoms with Crippen LogP contribution in [0.25, 0.3) is 0 Å². The molecule has 3 nitrogen and oxygen atoms in total. The van der Waals surface area contributed by atoms with Crippen LogP contribution in [-0.4, -0.2) is 22.9 Å². The average Bonchev–Trinajstić information content (AvgIpc) is 2.65. The van der Waals surface area contributed by atoms with Gasteiger partial charge in [-0.3, -0.25) is 4.68 Å². The lowest BCUT2D eigenvalue weighted by atomic mass is 10.1. The fourth-order valence-electron chi connectivity index (χ4n) is 2.00. The number of nitrogens with zero attached hydrogens (tertiary/aromatic N) is 2. The van der Waals surface area contributed by atoms with Crippen molar-refractivity contribution in [2.75, 3.05) is 7.05 Å². The summed E-state index contributed by atoms with van der Waals surface area (Å²) >= 11 is 3.57. The number of aromatic nitrogens is 2. The first kappa shape index (κ1) is 13.7. The summed E-state index contributed by atoms with van der Waals surface area (Å²) in [5.41, 5.74) is 1.32. The van der Waals surface area contributed by atoms with Crippen molar-refractivity contribution in [3.63, 3.8) is 0 Å². The molecule has 0 fully saturated rings. The Balaban J connectivity index is 2.55. The van der Waals surface area contributed by atoms with Gasteiger partial charge < -0.3 is 5.32 Å². The van der Waals surface area contributed by atoms with E-state index in [1.54, 1.807) is 0 Å². The molecule has 92 valence electrons. The maximum Gasteiger partial charge on any atom is 0.0635 e. The molecular formula is C12H22BrN3. The predicted molar refractivity (Wildman–Crippen MR) is 71.7 cm³/mol. The number of rotatable bonds is 7. The zero-order chi connectivity index (χ0) is 12.0. The highest BCUT2D eigenvalue weighted by atomic mass is 79.9. The molecular weight excluding hydrogens is 266 g/mol. The number of nitrogens with one attached hydrogen (secondary N) is 1. The van der Waals surface area contributed by atoms with E-state index in [4.69, 9.17) is 0 Å². The Bertz CT molecular complexity index is 309. The van der Waals surface area contributed by atoms with Crippen LogP contribution >= 0.6 is 15.9 Å². The fraction of sp³-hybridized carbons (Fsp3) is 0.750. The molecule has 0 aliphatic carbocycles. The lowest BCUT2D eigenvalue weighted by Gasteiger charge is -2.15. The van der Waals surface area contributed by atoms with E-state index in [1.165, 1.54) is 25.0 Å². The highest BCUT2D eigenvalue weighted by molar-refractivity contribution is 9.10. The van der Waals surface area contributed by atoms with Gasteiger partial charge in [0.1, 0.15) is 0 Å².